The van der Waals surface area contributed by atoms with Gasteiger partial charge in [-0.2, -0.15) is 0 Å². The van der Waals surface area contributed by atoms with E-state index >= 15 is 0 Å². The summed E-state index contributed by atoms with van der Waals surface area (Å²) in [6, 6.07) is 0. The van der Waals surface area contributed by atoms with Gasteiger partial charge in [0, 0.05) is 0 Å². The third-order valence-corrected chi connectivity index (χ3v) is 0.744. The van der Waals surface area contributed by atoms with Crippen molar-refractivity contribution in [2.75, 3.05) is 0 Å². The third-order valence-electron chi connectivity index (χ3n) is 0.744. The Kier molecular flexibility index (Phi) is 3.41. The van der Waals surface area contributed by atoms with Gasteiger partial charge in [-0.05, 0) is 0 Å². The SMILES string of the molecule is C#CC(C)B=CC. The van der Waals surface area contributed by atoms with Gasteiger partial charge in [-0.3, -0.25) is 0 Å². The Morgan fingerprint density at radius 1 is 1.86 bits per heavy atom. The monoisotopic (exact) mass is 92.1 g/mol. The van der Waals surface area contributed by atoms with Gasteiger partial charge < -0.3 is 0 Å². The first-order valence-corrected chi connectivity index (χ1v) is 2.40. The van der Waals surface area contributed by atoms with Gasteiger partial charge in [0.05, 0.1) is 0 Å². The molecule has 1 heteroatoms. The van der Waals surface area contributed by atoms with E-state index in [4.69, 9.17) is 6.42 Å². The molecule has 0 rings (SSSR count). The molecule has 1 unspecified atom stereocenters. The Morgan fingerprint density at radius 3 is 2.57 bits per heavy atom. The second-order valence-electron chi connectivity index (χ2n) is 1.48. The van der Waals surface area contributed by atoms with E-state index in [-0.39, 0.29) is 0 Å². The van der Waals surface area contributed by atoms with Gasteiger partial charge in [-0.15, -0.1) is 0 Å². The van der Waals surface area contributed by atoms with E-state index in [9.17, 15) is 0 Å². The van der Waals surface area contributed by atoms with Crippen LogP contribution in [0.4, 0.5) is 0 Å². The van der Waals surface area contributed by atoms with Crippen molar-refractivity contribution in [1.82, 2.24) is 0 Å². The summed E-state index contributed by atoms with van der Waals surface area (Å²) in [5, 5.41) is 0. The fourth-order valence-corrected chi connectivity index (χ4v) is 0.344. The molecule has 0 aromatic rings. The van der Waals surface area contributed by atoms with Gasteiger partial charge in [0.15, 0.2) is 0 Å². The van der Waals surface area contributed by atoms with Crippen LogP contribution >= 0.6 is 0 Å². The number of hydrogen-bond acceptors (Lipinski definition) is 0. The van der Waals surface area contributed by atoms with Gasteiger partial charge >= 0.3 is 44.9 Å². The normalized spacial score (nSPS) is 12.7. The molecule has 0 fully saturated rings. The van der Waals surface area contributed by atoms with Crippen LogP contribution in [0.3, 0.4) is 0 Å². The quantitative estimate of drug-likeness (QED) is 0.333. The predicted molar refractivity (Wildman–Crippen MR) is 35.7 cm³/mol. The molecule has 0 aliphatic rings. The Hall–Kier alpha value is -0.505. The van der Waals surface area contributed by atoms with Gasteiger partial charge in [-0.1, -0.05) is 0 Å². The van der Waals surface area contributed by atoms with Crippen LogP contribution in [0.2, 0.25) is 5.82 Å². The summed E-state index contributed by atoms with van der Waals surface area (Å²) in [6.45, 7) is 5.94. The average molecular weight is 91.9 g/mol. The Bertz CT molecular complexity index is 97.2. The molecule has 7 heavy (non-hydrogen) atoms. The van der Waals surface area contributed by atoms with Crippen LogP contribution in [0.1, 0.15) is 13.8 Å². The van der Waals surface area contributed by atoms with E-state index < -0.39 is 0 Å². The molecule has 0 aromatic carbocycles. The standard InChI is InChI=1S/C6H9B/c1-4-6(3)7-5-2/h1,5-6H,2-3H3. The minimum absolute atomic E-state index is 0.296. The summed E-state index contributed by atoms with van der Waals surface area (Å²) in [7, 11) is 0. The second-order valence-corrected chi connectivity index (χ2v) is 1.48. The summed E-state index contributed by atoms with van der Waals surface area (Å²) in [5.74, 6) is 4.84. The summed E-state index contributed by atoms with van der Waals surface area (Å²) < 4.78 is 0. The molecule has 0 radical (unpaired) electrons. The molecule has 0 nitrogen and oxygen atoms in total. The summed E-state index contributed by atoms with van der Waals surface area (Å²) >= 11 is 0. The zero-order chi connectivity index (χ0) is 5.70. The van der Waals surface area contributed by atoms with Crippen molar-refractivity contribution in [3.05, 3.63) is 0 Å². The van der Waals surface area contributed by atoms with Crippen molar-refractivity contribution in [3.8, 4) is 12.3 Å². The molecule has 0 amide bonds. The van der Waals surface area contributed by atoms with E-state index in [1.165, 1.54) is 0 Å². The van der Waals surface area contributed by atoms with Crippen molar-refractivity contribution >= 4 is 12.9 Å². The fraction of sp³-hybridized carbons (Fsp3) is 0.500. The van der Waals surface area contributed by atoms with Crippen molar-refractivity contribution in [2.24, 2.45) is 0 Å². The zero-order valence-corrected chi connectivity index (χ0v) is 4.81. The summed E-state index contributed by atoms with van der Waals surface area (Å²) in [6.07, 6.45) is 5.06. The maximum atomic E-state index is 5.06. The molecule has 0 spiro atoms. The topological polar surface area (TPSA) is 0 Å². The van der Waals surface area contributed by atoms with Gasteiger partial charge in [0.1, 0.15) is 0 Å². The van der Waals surface area contributed by atoms with Crippen LogP contribution in [0, 0.1) is 12.3 Å². The minimum atomic E-state index is 0.296. The van der Waals surface area contributed by atoms with Crippen LogP contribution in [-0.2, 0) is 0 Å². The molecule has 0 saturated heterocycles. The number of hydrogen-bond donors (Lipinski definition) is 0. The molecule has 0 heterocycles. The van der Waals surface area contributed by atoms with Crippen LogP contribution in [0.5, 0.6) is 0 Å². The molecule has 0 aliphatic heterocycles. The van der Waals surface area contributed by atoms with Crippen LogP contribution in [-0.4, -0.2) is 12.9 Å². The molecular weight excluding hydrogens is 82.9 g/mol. The Balaban J connectivity index is 3.42. The predicted octanol–water partition coefficient (Wildman–Crippen LogP) is 0.954. The zero-order valence-electron chi connectivity index (χ0n) is 4.81. The van der Waals surface area contributed by atoms with Crippen LogP contribution in [0.15, 0.2) is 0 Å². The van der Waals surface area contributed by atoms with Crippen molar-refractivity contribution in [3.63, 3.8) is 0 Å². The average Bonchev–Trinajstić information content (AvgIpc) is 1.68. The molecule has 0 N–H and O–H groups in total. The summed E-state index contributed by atoms with van der Waals surface area (Å²) in [5.41, 5.74) is 0. The van der Waals surface area contributed by atoms with E-state index in [0.29, 0.717) is 5.82 Å². The maximum absolute atomic E-state index is 5.06. The number of rotatable bonds is 1. The number of terminal acetylenes is 1. The molecule has 36 valence electrons. The van der Waals surface area contributed by atoms with E-state index in [1.54, 1.807) is 0 Å². The summed E-state index contributed by atoms with van der Waals surface area (Å²) in [4.78, 5) is 0. The molecule has 1 atom stereocenters. The van der Waals surface area contributed by atoms with Crippen molar-refractivity contribution in [1.29, 1.82) is 0 Å². The third kappa shape index (κ3) is 3.32. The second kappa shape index (κ2) is 3.68. The Morgan fingerprint density at radius 2 is 2.43 bits per heavy atom. The fourth-order valence-electron chi connectivity index (χ4n) is 0.344. The van der Waals surface area contributed by atoms with E-state index in [0.717, 1.165) is 0 Å². The van der Waals surface area contributed by atoms with Crippen molar-refractivity contribution in [2.45, 2.75) is 19.7 Å². The molecule has 0 saturated carbocycles. The van der Waals surface area contributed by atoms with Gasteiger partial charge in [0.2, 0.25) is 0 Å². The first-order chi connectivity index (χ1) is 3.31. The molecule has 0 aliphatic carbocycles. The molecule has 0 bridgehead atoms. The van der Waals surface area contributed by atoms with Crippen molar-refractivity contribution < 1.29 is 0 Å². The first kappa shape index (κ1) is 6.49. The first-order valence-electron chi connectivity index (χ1n) is 2.40. The van der Waals surface area contributed by atoms with E-state index in [2.05, 4.69) is 5.92 Å². The van der Waals surface area contributed by atoms with Gasteiger partial charge in [-0.25, -0.2) is 0 Å². The van der Waals surface area contributed by atoms with Crippen LogP contribution in [0.25, 0.3) is 0 Å². The Labute approximate surface area is 45.8 Å². The molecular formula is C6H9B. The van der Waals surface area contributed by atoms with E-state index in [1.807, 2.05) is 26.7 Å². The molecule has 0 aromatic heterocycles. The van der Waals surface area contributed by atoms with Crippen LogP contribution < -0.4 is 0 Å². The van der Waals surface area contributed by atoms with Gasteiger partial charge in [0.25, 0.3) is 0 Å².